The standard InChI is InChI=1S/C20H16N4O3/c1-14(26-17-9-7-15(11-21)8-10-17)19(25)24-20-22-12-18(13-23-20)27-16-5-3-2-4-6-16/h2-10,12-14H,1H3,(H,22,23,24,25). The van der Waals surface area contributed by atoms with Crippen LogP contribution in [0.1, 0.15) is 12.5 Å². The van der Waals surface area contributed by atoms with Gasteiger partial charge in [0.1, 0.15) is 11.5 Å². The first-order chi connectivity index (χ1) is 13.1. The van der Waals surface area contributed by atoms with Gasteiger partial charge in [0, 0.05) is 0 Å². The van der Waals surface area contributed by atoms with Gasteiger partial charge in [-0.05, 0) is 43.3 Å². The molecule has 1 heterocycles. The lowest BCUT2D eigenvalue weighted by molar-refractivity contribution is -0.122. The first-order valence-corrected chi connectivity index (χ1v) is 8.16. The zero-order chi connectivity index (χ0) is 19.1. The summed E-state index contributed by atoms with van der Waals surface area (Å²) in [6, 6.07) is 17.8. The van der Waals surface area contributed by atoms with Crippen LogP contribution in [-0.2, 0) is 4.79 Å². The molecule has 0 fully saturated rings. The fourth-order valence-corrected chi connectivity index (χ4v) is 2.14. The molecule has 134 valence electrons. The van der Waals surface area contributed by atoms with Crippen molar-refractivity contribution in [2.24, 2.45) is 0 Å². The third-order valence-corrected chi connectivity index (χ3v) is 3.51. The van der Waals surface area contributed by atoms with Crippen LogP contribution in [-0.4, -0.2) is 22.0 Å². The number of nitrogens with zero attached hydrogens (tertiary/aromatic N) is 3. The van der Waals surface area contributed by atoms with Crippen LogP contribution in [0.5, 0.6) is 17.2 Å². The molecule has 0 aliphatic carbocycles. The second-order valence-corrected chi connectivity index (χ2v) is 5.54. The molecule has 0 bridgehead atoms. The van der Waals surface area contributed by atoms with Gasteiger partial charge in [-0.2, -0.15) is 5.26 Å². The van der Waals surface area contributed by atoms with Crippen molar-refractivity contribution in [1.82, 2.24) is 9.97 Å². The highest BCUT2D eigenvalue weighted by molar-refractivity contribution is 5.92. The first-order valence-electron chi connectivity index (χ1n) is 8.16. The molecule has 27 heavy (non-hydrogen) atoms. The molecule has 1 amide bonds. The van der Waals surface area contributed by atoms with Crippen molar-refractivity contribution in [3.8, 4) is 23.3 Å². The molecule has 1 unspecified atom stereocenters. The van der Waals surface area contributed by atoms with E-state index < -0.39 is 12.0 Å². The van der Waals surface area contributed by atoms with Gasteiger partial charge in [-0.25, -0.2) is 9.97 Å². The van der Waals surface area contributed by atoms with Gasteiger partial charge < -0.3 is 9.47 Å². The highest BCUT2D eigenvalue weighted by Crippen LogP contribution is 2.19. The Bertz CT molecular complexity index is 936. The van der Waals surface area contributed by atoms with Crippen LogP contribution in [0, 0.1) is 11.3 Å². The Balaban J connectivity index is 1.55. The van der Waals surface area contributed by atoms with E-state index in [0.717, 1.165) is 0 Å². The van der Waals surface area contributed by atoms with E-state index in [1.807, 2.05) is 36.4 Å². The Morgan fingerprint density at radius 1 is 1.00 bits per heavy atom. The molecular formula is C20H16N4O3. The van der Waals surface area contributed by atoms with E-state index in [9.17, 15) is 4.79 Å². The summed E-state index contributed by atoms with van der Waals surface area (Å²) in [4.78, 5) is 20.4. The van der Waals surface area contributed by atoms with Crippen LogP contribution in [0.2, 0.25) is 0 Å². The van der Waals surface area contributed by atoms with Gasteiger partial charge in [-0.15, -0.1) is 0 Å². The van der Waals surface area contributed by atoms with E-state index in [1.165, 1.54) is 12.4 Å². The molecule has 0 aliphatic heterocycles. The topological polar surface area (TPSA) is 97.1 Å². The van der Waals surface area contributed by atoms with Crippen LogP contribution < -0.4 is 14.8 Å². The van der Waals surface area contributed by atoms with E-state index in [1.54, 1.807) is 31.2 Å². The Labute approximate surface area is 156 Å². The van der Waals surface area contributed by atoms with Crippen molar-refractivity contribution in [1.29, 1.82) is 5.26 Å². The molecule has 1 N–H and O–H groups in total. The molecule has 1 atom stereocenters. The van der Waals surface area contributed by atoms with Crippen molar-refractivity contribution >= 4 is 11.9 Å². The first kappa shape index (κ1) is 17.9. The zero-order valence-corrected chi connectivity index (χ0v) is 14.5. The van der Waals surface area contributed by atoms with Gasteiger partial charge >= 0.3 is 0 Å². The third-order valence-electron chi connectivity index (χ3n) is 3.51. The quantitative estimate of drug-likeness (QED) is 0.722. The monoisotopic (exact) mass is 360 g/mol. The smallest absolute Gasteiger partial charge is 0.267 e. The van der Waals surface area contributed by atoms with E-state index >= 15 is 0 Å². The van der Waals surface area contributed by atoms with Crippen LogP contribution in [0.25, 0.3) is 0 Å². The van der Waals surface area contributed by atoms with Crippen LogP contribution in [0.3, 0.4) is 0 Å². The summed E-state index contributed by atoms with van der Waals surface area (Å²) >= 11 is 0. The maximum absolute atomic E-state index is 12.2. The molecule has 7 nitrogen and oxygen atoms in total. The van der Waals surface area contributed by atoms with Gasteiger partial charge in [0.25, 0.3) is 5.91 Å². The number of ether oxygens (including phenoxy) is 2. The maximum Gasteiger partial charge on any atom is 0.267 e. The highest BCUT2D eigenvalue weighted by atomic mass is 16.5. The summed E-state index contributed by atoms with van der Waals surface area (Å²) in [5, 5.41) is 11.4. The van der Waals surface area contributed by atoms with Crippen molar-refractivity contribution in [3.63, 3.8) is 0 Å². The number of carbonyl (C=O) groups excluding carboxylic acids is 1. The lowest BCUT2D eigenvalue weighted by Crippen LogP contribution is -2.30. The molecular weight excluding hydrogens is 344 g/mol. The second kappa shape index (κ2) is 8.45. The van der Waals surface area contributed by atoms with Gasteiger partial charge in [0.05, 0.1) is 24.0 Å². The van der Waals surface area contributed by atoms with Crippen LogP contribution >= 0.6 is 0 Å². The van der Waals surface area contributed by atoms with Gasteiger partial charge in [0.2, 0.25) is 5.95 Å². The van der Waals surface area contributed by atoms with Crippen molar-refractivity contribution < 1.29 is 14.3 Å². The molecule has 1 aromatic heterocycles. The maximum atomic E-state index is 12.2. The SMILES string of the molecule is CC(Oc1ccc(C#N)cc1)C(=O)Nc1ncc(Oc2ccccc2)cn1. The van der Waals surface area contributed by atoms with Crippen molar-refractivity contribution in [3.05, 3.63) is 72.6 Å². The number of rotatable bonds is 6. The summed E-state index contributed by atoms with van der Waals surface area (Å²) in [7, 11) is 0. The zero-order valence-electron chi connectivity index (χ0n) is 14.5. The fourth-order valence-electron chi connectivity index (χ4n) is 2.14. The van der Waals surface area contributed by atoms with E-state index in [2.05, 4.69) is 15.3 Å². The number of hydrogen-bond donors (Lipinski definition) is 1. The van der Waals surface area contributed by atoms with E-state index in [-0.39, 0.29) is 5.95 Å². The van der Waals surface area contributed by atoms with Crippen LogP contribution in [0.4, 0.5) is 5.95 Å². The Morgan fingerprint density at radius 3 is 2.30 bits per heavy atom. The summed E-state index contributed by atoms with van der Waals surface area (Å²) in [5.74, 6) is 1.37. The molecule has 0 saturated heterocycles. The van der Waals surface area contributed by atoms with Gasteiger partial charge in [-0.1, -0.05) is 18.2 Å². The largest absolute Gasteiger partial charge is 0.481 e. The van der Waals surface area contributed by atoms with E-state index in [4.69, 9.17) is 14.7 Å². The molecule has 3 rings (SSSR count). The van der Waals surface area contributed by atoms with Crippen LogP contribution in [0.15, 0.2) is 67.0 Å². The Hall–Kier alpha value is -3.92. The molecule has 0 aliphatic rings. The lowest BCUT2D eigenvalue weighted by atomic mass is 10.2. The normalized spacial score (nSPS) is 11.1. The van der Waals surface area contributed by atoms with Gasteiger partial charge in [0.15, 0.2) is 11.9 Å². The summed E-state index contributed by atoms with van der Waals surface area (Å²) < 4.78 is 11.1. The van der Waals surface area contributed by atoms with Crippen molar-refractivity contribution in [2.75, 3.05) is 5.32 Å². The number of benzene rings is 2. The average molecular weight is 360 g/mol. The molecule has 3 aromatic rings. The lowest BCUT2D eigenvalue weighted by Gasteiger charge is -2.14. The third kappa shape index (κ3) is 5.03. The number of carbonyl (C=O) groups is 1. The second-order valence-electron chi connectivity index (χ2n) is 5.54. The number of amides is 1. The van der Waals surface area contributed by atoms with Gasteiger partial charge in [-0.3, -0.25) is 10.1 Å². The predicted octanol–water partition coefficient (Wildman–Crippen LogP) is 3.55. The minimum Gasteiger partial charge on any atom is -0.481 e. The fraction of sp³-hybridized carbons (Fsp3) is 0.100. The number of anilines is 1. The molecule has 0 saturated carbocycles. The summed E-state index contributed by atoms with van der Waals surface area (Å²) in [5.41, 5.74) is 0.519. The summed E-state index contributed by atoms with van der Waals surface area (Å²) in [6.45, 7) is 1.61. The number of hydrogen-bond acceptors (Lipinski definition) is 6. The molecule has 0 spiro atoms. The number of nitrogens with one attached hydrogen (secondary N) is 1. The number of aromatic nitrogens is 2. The summed E-state index contributed by atoms with van der Waals surface area (Å²) in [6.07, 6.45) is 2.19. The Morgan fingerprint density at radius 2 is 1.67 bits per heavy atom. The van der Waals surface area contributed by atoms with E-state index in [0.29, 0.717) is 22.8 Å². The predicted molar refractivity (Wildman–Crippen MR) is 98.4 cm³/mol. The Kier molecular flexibility index (Phi) is 5.60. The molecule has 7 heteroatoms. The highest BCUT2D eigenvalue weighted by Gasteiger charge is 2.16. The molecule has 2 aromatic carbocycles. The molecule has 0 radical (unpaired) electrons. The number of para-hydroxylation sites is 1. The minimum absolute atomic E-state index is 0.149. The average Bonchev–Trinajstić information content (AvgIpc) is 2.71. The van der Waals surface area contributed by atoms with Crippen molar-refractivity contribution in [2.45, 2.75) is 13.0 Å². The minimum atomic E-state index is -0.762. The number of nitriles is 1.